The molecule has 1 fully saturated rings. The topological polar surface area (TPSA) is 82.4 Å². The van der Waals surface area contributed by atoms with E-state index in [4.69, 9.17) is 9.47 Å². The average molecular weight is 590 g/mol. The fraction of sp³-hybridized carbons (Fsp3) is 0.389. The van der Waals surface area contributed by atoms with Gasteiger partial charge in [-0.2, -0.15) is 0 Å². The molecule has 44 heavy (non-hydrogen) atoms. The van der Waals surface area contributed by atoms with Crippen LogP contribution in [0.5, 0.6) is 5.75 Å². The highest BCUT2D eigenvalue weighted by Gasteiger charge is 2.48. The third-order valence-corrected chi connectivity index (χ3v) is 9.75. The maximum absolute atomic E-state index is 13.3. The number of esters is 1. The van der Waals surface area contributed by atoms with Gasteiger partial charge in [0, 0.05) is 49.7 Å². The molecule has 1 aliphatic carbocycles. The highest BCUT2D eigenvalue weighted by Crippen LogP contribution is 2.47. The van der Waals surface area contributed by atoms with E-state index < -0.39 is 5.41 Å². The van der Waals surface area contributed by atoms with Gasteiger partial charge in [-0.1, -0.05) is 35.5 Å². The van der Waals surface area contributed by atoms with Crippen LogP contribution < -0.4 is 4.74 Å². The Kier molecular flexibility index (Phi) is 6.73. The Morgan fingerprint density at radius 3 is 2.70 bits per heavy atom. The Morgan fingerprint density at radius 1 is 1.11 bits per heavy atom. The maximum atomic E-state index is 13.3. The average Bonchev–Trinajstić information content (AvgIpc) is 3.68. The van der Waals surface area contributed by atoms with Gasteiger partial charge in [0.1, 0.15) is 16.9 Å². The number of benzene rings is 3. The van der Waals surface area contributed by atoms with Crippen LogP contribution in [0.3, 0.4) is 0 Å². The van der Waals surface area contributed by atoms with Crippen molar-refractivity contribution in [3.05, 3.63) is 94.2 Å². The van der Waals surface area contributed by atoms with Gasteiger partial charge in [0.15, 0.2) is 0 Å². The van der Waals surface area contributed by atoms with Crippen LogP contribution in [-0.4, -0.2) is 50.1 Å². The van der Waals surface area contributed by atoms with E-state index >= 15 is 0 Å². The zero-order valence-corrected chi connectivity index (χ0v) is 26.3. The lowest BCUT2D eigenvalue weighted by atomic mass is 9.69. The van der Waals surface area contributed by atoms with E-state index in [0.717, 1.165) is 76.9 Å². The molecule has 0 bridgehead atoms. The summed E-state index contributed by atoms with van der Waals surface area (Å²) in [6.07, 6.45) is 3.97. The molecule has 0 amide bonds. The van der Waals surface area contributed by atoms with Crippen LogP contribution >= 0.6 is 0 Å². The molecule has 1 atom stereocenters. The molecule has 1 saturated carbocycles. The van der Waals surface area contributed by atoms with E-state index in [1.807, 2.05) is 33.2 Å². The summed E-state index contributed by atoms with van der Waals surface area (Å²) < 4.78 is 13.8. The Hall–Kier alpha value is -4.30. The first kappa shape index (κ1) is 28.5. The van der Waals surface area contributed by atoms with E-state index in [0.29, 0.717) is 0 Å². The first-order valence-electron chi connectivity index (χ1n) is 15.3. The molecule has 1 spiro atoms. The summed E-state index contributed by atoms with van der Waals surface area (Å²) in [5.41, 5.74) is 8.63. The van der Waals surface area contributed by atoms with Gasteiger partial charge in [-0.3, -0.25) is 14.7 Å². The second kappa shape index (κ2) is 10.4. The lowest BCUT2D eigenvalue weighted by molar-refractivity contribution is -0.151. The van der Waals surface area contributed by atoms with Crippen molar-refractivity contribution >= 4 is 27.9 Å². The number of ether oxygens (including phenoxy) is 2. The lowest BCUT2D eigenvalue weighted by Crippen LogP contribution is -2.35. The molecule has 0 saturated heterocycles. The largest absolute Gasteiger partial charge is 0.486 e. The maximum Gasteiger partial charge on any atom is 0.312 e. The first-order valence-corrected chi connectivity index (χ1v) is 15.3. The van der Waals surface area contributed by atoms with Crippen LogP contribution in [-0.2, 0) is 29.7 Å². The summed E-state index contributed by atoms with van der Waals surface area (Å²) in [5, 5.41) is 9.80. The second-order valence-electron chi connectivity index (χ2n) is 13.3. The molecule has 1 aliphatic heterocycles. The number of pyridine rings is 1. The minimum Gasteiger partial charge on any atom is -0.486 e. The molecule has 2 aromatic heterocycles. The summed E-state index contributed by atoms with van der Waals surface area (Å²) in [5.74, 6) is 0.480. The van der Waals surface area contributed by atoms with Crippen molar-refractivity contribution in [1.29, 1.82) is 0 Å². The number of hydrogen-bond acceptors (Lipinski definition) is 7. The molecule has 226 valence electrons. The Balaban J connectivity index is 1.28. The molecule has 3 heterocycles. The van der Waals surface area contributed by atoms with Gasteiger partial charge in [-0.15, -0.1) is 5.10 Å². The van der Waals surface area contributed by atoms with E-state index in [1.165, 1.54) is 23.8 Å². The van der Waals surface area contributed by atoms with Gasteiger partial charge in [0.25, 0.3) is 0 Å². The van der Waals surface area contributed by atoms with Crippen LogP contribution in [0.1, 0.15) is 66.0 Å². The SMILES string of the molecule is COC(=O)C(C)(C)C(c1ccc(C)c(CN2Cc3cc4ncccc4cc3OC3(CC3)C2)c1)c1ccc2c(nnn2C)c1C. The van der Waals surface area contributed by atoms with E-state index in [-0.39, 0.29) is 17.5 Å². The van der Waals surface area contributed by atoms with Crippen LogP contribution in [0.4, 0.5) is 0 Å². The Morgan fingerprint density at radius 2 is 1.93 bits per heavy atom. The summed E-state index contributed by atoms with van der Waals surface area (Å²) in [4.78, 5) is 20.4. The zero-order chi connectivity index (χ0) is 30.8. The van der Waals surface area contributed by atoms with Crippen LogP contribution in [0.25, 0.3) is 21.9 Å². The van der Waals surface area contributed by atoms with Crippen molar-refractivity contribution in [3.8, 4) is 5.75 Å². The number of nitrogens with zero attached hydrogens (tertiary/aromatic N) is 5. The molecule has 8 nitrogen and oxygen atoms in total. The molecule has 5 aromatic rings. The first-order chi connectivity index (χ1) is 21.1. The Labute approximate surface area is 258 Å². The van der Waals surface area contributed by atoms with E-state index in [9.17, 15) is 4.79 Å². The van der Waals surface area contributed by atoms with Crippen LogP contribution in [0.2, 0.25) is 0 Å². The lowest BCUT2D eigenvalue weighted by Gasteiger charge is -2.34. The summed E-state index contributed by atoms with van der Waals surface area (Å²) in [7, 11) is 3.36. The minimum absolute atomic E-state index is 0.134. The zero-order valence-electron chi connectivity index (χ0n) is 26.3. The quantitative estimate of drug-likeness (QED) is 0.212. The highest BCUT2D eigenvalue weighted by molar-refractivity contribution is 5.83. The fourth-order valence-corrected chi connectivity index (χ4v) is 7.05. The Bertz CT molecular complexity index is 1920. The number of aromatic nitrogens is 4. The third kappa shape index (κ3) is 4.81. The molecule has 1 unspecified atom stereocenters. The van der Waals surface area contributed by atoms with E-state index in [1.54, 1.807) is 4.68 Å². The minimum atomic E-state index is -0.830. The highest BCUT2D eigenvalue weighted by atomic mass is 16.5. The second-order valence-corrected chi connectivity index (χ2v) is 13.3. The fourth-order valence-electron chi connectivity index (χ4n) is 7.05. The van der Waals surface area contributed by atoms with Gasteiger partial charge in [0.2, 0.25) is 0 Å². The van der Waals surface area contributed by atoms with Crippen molar-refractivity contribution in [2.45, 2.75) is 65.1 Å². The molecule has 8 heteroatoms. The number of carbonyl (C=O) groups excluding carboxylic acids is 1. The summed E-state index contributed by atoms with van der Waals surface area (Å²) in [6.45, 7) is 10.6. The van der Waals surface area contributed by atoms with Crippen molar-refractivity contribution < 1.29 is 14.3 Å². The van der Waals surface area contributed by atoms with Crippen molar-refractivity contribution in [2.24, 2.45) is 12.5 Å². The van der Waals surface area contributed by atoms with Crippen LogP contribution in [0.15, 0.2) is 60.8 Å². The summed E-state index contributed by atoms with van der Waals surface area (Å²) in [6, 6.07) is 19.2. The molecule has 2 aliphatic rings. The number of methoxy groups -OCH3 is 1. The van der Waals surface area contributed by atoms with Crippen molar-refractivity contribution in [3.63, 3.8) is 0 Å². The van der Waals surface area contributed by atoms with Gasteiger partial charge in [-0.25, -0.2) is 4.68 Å². The predicted molar refractivity (Wildman–Crippen MR) is 171 cm³/mol. The normalized spacial score (nSPS) is 16.9. The number of hydrogen-bond donors (Lipinski definition) is 0. The molecular formula is C36H39N5O3. The molecule has 3 aromatic carbocycles. The van der Waals surface area contributed by atoms with Gasteiger partial charge in [-0.05, 0) is 92.6 Å². The monoisotopic (exact) mass is 589 g/mol. The van der Waals surface area contributed by atoms with Crippen LogP contribution in [0, 0.1) is 19.3 Å². The van der Waals surface area contributed by atoms with Gasteiger partial charge < -0.3 is 9.47 Å². The molecule has 0 N–H and O–H groups in total. The number of rotatable bonds is 6. The number of fused-ring (bicyclic) bond motifs is 3. The smallest absolute Gasteiger partial charge is 0.312 e. The molecule has 7 rings (SSSR count). The third-order valence-electron chi connectivity index (χ3n) is 9.75. The molecule has 0 radical (unpaired) electrons. The van der Waals surface area contributed by atoms with Crippen molar-refractivity contribution in [1.82, 2.24) is 24.9 Å². The van der Waals surface area contributed by atoms with Gasteiger partial charge >= 0.3 is 5.97 Å². The predicted octanol–water partition coefficient (Wildman–Crippen LogP) is 6.39. The molecular weight excluding hydrogens is 550 g/mol. The number of carbonyl (C=O) groups is 1. The van der Waals surface area contributed by atoms with E-state index in [2.05, 4.69) is 82.6 Å². The summed E-state index contributed by atoms with van der Waals surface area (Å²) >= 11 is 0. The van der Waals surface area contributed by atoms with Crippen molar-refractivity contribution in [2.75, 3.05) is 13.7 Å². The number of aryl methyl sites for hydroxylation is 3. The van der Waals surface area contributed by atoms with Gasteiger partial charge in [0.05, 0.1) is 23.6 Å². The standard InChI is InChI=1S/C36H39N5O3/c1-22-9-10-25(32(35(3,4)34(42)43-6)28-11-12-30-33(23(28)2)38-39-40(30)5)16-26(22)19-41-20-27-17-29-24(8-7-15-37-29)18-31(27)44-36(21-41)13-14-36/h7-12,15-18,32H,13-14,19-21H2,1-6H3.